The molecule has 6 heteroatoms. The number of rotatable bonds is 1. The van der Waals surface area contributed by atoms with Gasteiger partial charge in [-0.1, -0.05) is 0 Å². The fourth-order valence-electron chi connectivity index (χ4n) is 2.03. The number of aryl methyl sites for hydroxylation is 1. The van der Waals surface area contributed by atoms with E-state index in [4.69, 9.17) is 15.2 Å². The van der Waals surface area contributed by atoms with Crippen molar-refractivity contribution >= 4 is 21.7 Å². The minimum atomic E-state index is 0.249. The Kier molecular flexibility index (Phi) is 2.48. The maximum Gasteiger partial charge on any atom is 0.231 e. The summed E-state index contributed by atoms with van der Waals surface area (Å²) < 4.78 is 13.4. The number of nitrogens with zero attached hydrogens (tertiary/aromatic N) is 2. The summed E-state index contributed by atoms with van der Waals surface area (Å²) in [6.45, 7) is 2.26. The molecule has 0 atom stereocenters. The standard InChI is InChI=1S/C12H12BrN3O2/c1-6-7(8-4-15-16(2)12(8)14)3-9-11(10(6)13)18-5-17-9/h3-4H,5,14H2,1-2H3. The van der Waals surface area contributed by atoms with Crippen LogP contribution in [0.1, 0.15) is 5.56 Å². The fourth-order valence-corrected chi connectivity index (χ4v) is 2.55. The summed E-state index contributed by atoms with van der Waals surface area (Å²) in [7, 11) is 1.82. The van der Waals surface area contributed by atoms with Crippen LogP contribution in [0.15, 0.2) is 16.7 Å². The molecule has 94 valence electrons. The van der Waals surface area contributed by atoms with Gasteiger partial charge in [-0.2, -0.15) is 5.10 Å². The van der Waals surface area contributed by atoms with Gasteiger partial charge < -0.3 is 15.2 Å². The number of hydrogen-bond acceptors (Lipinski definition) is 4. The molecule has 2 aromatic rings. The van der Waals surface area contributed by atoms with Gasteiger partial charge in [0.15, 0.2) is 11.5 Å². The van der Waals surface area contributed by atoms with E-state index in [1.807, 2.05) is 20.0 Å². The van der Waals surface area contributed by atoms with Crippen molar-refractivity contribution in [3.05, 3.63) is 22.3 Å². The highest BCUT2D eigenvalue weighted by atomic mass is 79.9. The Hall–Kier alpha value is -1.69. The summed E-state index contributed by atoms with van der Waals surface area (Å²) in [6, 6.07) is 1.94. The first-order chi connectivity index (χ1) is 8.59. The van der Waals surface area contributed by atoms with Gasteiger partial charge in [-0.25, -0.2) is 0 Å². The Morgan fingerprint density at radius 3 is 2.83 bits per heavy atom. The van der Waals surface area contributed by atoms with Crippen molar-refractivity contribution < 1.29 is 9.47 Å². The number of benzene rings is 1. The Labute approximate surface area is 113 Å². The van der Waals surface area contributed by atoms with Crippen LogP contribution >= 0.6 is 15.9 Å². The first kappa shape index (κ1) is 11.4. The number of hydrogen-bond donors (Lipinski definition) is 1. The lowest BCUT2D eigenvalue weighted by Gasteiger charge is -2.10. The third-order valence-corrected chi connectivity index (χ3v) is 4.08. The van der Waals surface area contributed by atoms with Crippen molar-refractivity contribution in [2.45, 2.75) is 6.92 Å². The lowest BCUT2D eigenvalue weighted by molar-refractivity contribution is 0.173. The molecule has 0 fully saturated rings. The van der Waals surface area contributed by atoms with E-state index >= 15 is 0 Å². The molecular formula is C12H12BrN3O2. The molecule has 0 saturated heterocycles. The monoisotopic (exact) mass is 309 g/mol. The average Bonchev–Trinajstić information content (AvgIpc) is 2.93. The van der Waals surface area contributed by atoms with Crippen LogP contribution in [0.4, 0.5) is 5.82 Å². The maximum absolute atomic E-state index is 6.01. The van der Waals surface area contributed by atoms with Crippen LogP contribution in [0.2, 0.25) is 0 Å². The first-order valence-electron chi connectivity index (χ1n) is 5.46. The first-order valence-corrected chi connectivity index (χ1v) is 6.25. The highest BCUT2D eigenvalue weighted by molar-refractivity contribution is 9.10. The lowest BCUT2D eigenvalue weighted by Crippen LogP contribution is -1.98. The zero-order valence-electron chi connectivity index (χ0n) is 10.0. The van der Waals surface area contributed by atoms with Gasteiger partial charge in [0.2, 0.25) is 6.79 Å². The predicted molar refractivity (Wildman–Crippen MR) is 71.6 cm³/mol. The van der Waals surface area contributed by atoms with E-state index in [9.17, 15) is 0 Å². The van der Waals surface area contributed by atoms with E-state index in [0.717, 1.165) is 32.7 Å². The molecule has 0 aliphatic carbocycles. The number of anilines is 1. The summed E-state index contributed by atoms with van der Waals surface area (Å²) in [5.41, 5.74) is 8.96. The Morgan fingerprint density at radius 2 is 2.17 bits per heavy atom. The van der Waals surface area contributed by atoms with Crippen molar-refractivity contribution in [2.24, 2.45) is 7.05 Å². The second-order valence-electron chi connectivity index (χ2n) is 4.16. The zero-order valence-corrected chi connectivity index (χ0v) is 11.6. The highest BCUT2D eigenvalue weighted by Crippen LogP contribution is 2.46. The summed E-state index contributed by atoms with van der Waals surface area (Å²) in [6.07, 6.45) is 1.76. The molecule has 1 aliphatic rings. The van der Waals surface area contributed by atoms with Gasteiger partial charge in [0.25, 0.3) is 0 Å². The maximum atomic E-state index is 6.01. The van der Waals surface area contributed by atoms with Gasteiger partial charge in [0.05, 0.1) is 10.7 Å². The number of nitrogen functional groups attached to an aromatic ring is 1. The summed E-state index contributed by atoms with van der Waals surface area (Å²) >= 11 is 3.54. The third-order valence-electron chi connectivity index (χ3n) is 3.12. The molecule has 1 aliphatic heterocycles. The van der Waals surface area contributed by atoms with E-state index in [1.165, 1.54) is 0 Å². The Bertz CT molecular complexity index is 637. The SMILES string of the molecule is Cc1c(-c2cnn(C)c2N)cc2c(c1Br)OCO2. The minimum Gasteiger partial charge on any atom is -0.454 e. The van der Waals surface area contributed by atoms with E-state index < -0.39 is 0 Å². The topological polar surface area (TPSA) is 62.3 Å². The van der Waals surface area contributed by atoms with E-state index in [-0.39, 0.29) is 6.79 Å². The minimum absolute atomic E-state index is 0.249. The number of ether oxygens (including phenoxy) is 2. The smallest absolute Gasteiger partial charge is 0.231 e. The van der Waals surface area contributed by atoms with Crippen LogP contribution in [-0.4, -0.2) is 16.6 Å². The van der Waals surface area contributed by atoms with Crippen LogP contribution in [0.3, 0.4) is 0 Å². The molecule has 0 spiro atoms. The molecule has 0 unspecified atom stereocenters. The number of aromatic nitrogens is 2. The molecule has 1 aromatic heterocycles. The Balaban J connectivity index is 2.25. The predicted octanol–water partition coefficient (Wildman–Crippen LogP) is 2.47. The van der Waals surface area contributed by atoms with Gasteiger partial charge in [-0.3, -0.25) is 4.68 Å². The summed E-state index contributed by atoms with van der Waals surface area (Å²) in [5.74, 6) is 2.10. The van der Waals surface area contributed by atoms with Crippen LogP contribution in [0.5, 0.6) is 11.5 Å². The lowest BCUT2D eigenvalue weighted by atomic mass is 10.0. The molecule has 5 nitrogen and oxygen atoms in total. The fraction of sp³-hybridized carbons (Fsp3) is 0.250. The van der Waals surface area contributed by atoms with Gasteiger partial charge >= 0.3 is 0 Å². The van der Waals surface area contributed by atoms with Crippen LogP contribution in [0, 0.1) is 6.92 Å². The zero-order chi connectivity index (χ0) is 12.9. The molecule has 0 saturated carbocycles. The van der Waals surface area contributed by atoms with Gasteiger partial charge in [-0.15, -0.1) is 0 Å². The van der Waals surface area contributed by atoms with Crippen molar-refractivity contribution in [1.29, 1.82) is 0 Å². The quantitative estimate of drug-likeness (QED) is 0.879. The van der Waals surface area contributed by atoms with E-state index in [2.05, 4.69) is 21.0 Å². The molecule has 2 N–H and O–H groups in total. The third kappa shape index (κ3) is 1.49. The van der Waals surface area contributed by atoms with Crippen molar-refractivity contribution in [3.8, 4) is 22.6 Å². The molecule has 18 heavy (non-hydrogen) atoms. The molecule has 0 bridgehead atoms. The van der Waals surface area contributed by atoms with Gasteiger partial charge in [-0.05, 0) is 40.0 Å². The van der Waals surface area contributed by atoms with Crippen molar-refractivity contribution in [2.75, 3.05) is 12.5 Å². The molecule has 0 amide bonds. The second kappa shape index (κ2) is 3.91. The summed E-state index contributed by atoms with van der Waals surface area (Å²) in [4.78, 5) is 0. The highest BCUT2D eigenvalue weighted by Gasteiger charge is 2.23. The van der Waals surface area contributed by atoms with Crippen LogP contribution < -0.4 is 15.2 Å². The number of fused-ring (bicyclic) bond motifs is 1. The second-order valence-corrected chi connectivity index (χ2v) is 4.96. The molecule has 3 rings (SSSR count). The number of nitrogens with two attached hydrogens (primary N) is 1. The Morgan fingerprint density at radius 1 is 1.39 bits per heavy atom. The van der Waals surface area contributed by atoms with Gasteiger partial charge in [0, 0.05) is 12.6 Å². The van der Waals surface area contributed by atoms with E-state index in [0.29, 0.717) is 5.82 Å². The van der Waals surface area contributed by atoms with Gasteiger partial charge in [0.1, 0.15) is 5.82 Å². The summed E-state index contributed by atoms with van der Waals surface area (Å²) in [5, 5.41) is 4.16. The van der Waals surface area contributed by atoms with E-state index in [1.54, 1.807) is 10.9 Å². The van der Waals surface area contributed by atoms with Crippen molar-refractivity contribution in [3.63, 3.8) is 0 Å². The van der Waals surface area contributed by atoms with Crippen molar-refractivity contribution in [1.82, 2.24) is 9.78 Å². The molecule has 2 heterocycles. The average molecular weight is 310 g/mol. The molecule has 0 radical (unpaired) electrons. The molecular weight excluding hydrogens is 298 g/mol. The number of halogens is 1. The van der Waals surface area contributed by atoms with Crippen LogP contribution in [0.25, 0.3) is 11.1 Å². The largest absolute Gasteiger partial charge is 0.454 e. The van der Waals surface area contributed by atoms with Crippen LogP contribution in [-0.2, 0) is 7.05 Å². The normalized spacial score (nSPS) is 13.1. The molecule has 1 aromatic carbocycles.